The Morgan fingerprint density at radius 2 is 1.78 bits per heavy atom. The van der Waals surface area contributed by atoms with Crippen molar-refractivity contribution in [3.63, 3.8) is 0 Å². The average Bonchev–Trinajstić information content (AvgIpc) is 2.97. The standard InChI is InChI=1S/C23H30N2O2/c1-16-8-5-9-22(19(16)4)27-13-7-11-25-21-15-18(3)17(2)14-20(21)24-23(25)10-6-12-26/h5,8-9,14-15,26H,6-7,10-13H2,1-4H3. The van der Waals surface area contributed by atoms with Gasteiger partial charge >= 0.3 is 0 Å². The molecule has 0 spiro atoms. The molecule has 0 aliphatic carbocycles. The molecule has 4 nitrogen and oxygen atoms in total. The number of aryl methyl sites for hydroxylation is 5. The van der Waals surface area contributed by atoms with Crippen LogP contribution in [0.5, 0.6) is 5.75 Å². The largest absolute Gasteiger partial charge is 0.493 e. The van der Waals surface area contributed by atoms with E-state index in [1.54, 1.807) is 0 Å². The van der Waals surface area contributed by atoms with Crippen LogP contribution >= 0.6 is 0 Å². The summed E-state index contributed by atoms with van der Waals surface area (Å²) >= 11 is 0. The van der Waals surface area contributed by atoms with Gasteiger partial charge in [-0.3, -0.25) is 0 Å². The molecule has 2 aromatic carbocycles. The van der Waals surface area contributed by atoms with Gasteiger partial charge in [0.1, 0.15) is 11.6 Å². The molecule has 1 heterocycles. The first kappa shape index (κ1) is 19.4. The van der Waals surface area contributed by atoms with Crippen LogP contribution in [-0.2, 0) is 13.0 Å². The molecule has 0 fully saturated rings. The Balaban J connectivity index is 1.74. The van der Waals surface area contributed by atoms with Gasteiger partial charge < -0.3 is 14.4 Å². The van der Waals surface area contributed by atoms with E-state index in [4.69, 9.17) is 9.72 Å². The molecule has 3 rings (SSSR count). The summed E-state index contributed by atoms with van der Waals surface area (Å²) in [6.07, 6.45) is 2.44. The molecule has 0 aliphatic heterocycles. The van der Waals surface area contributed by atoms with Crippen LogP contribution in [0.2, 0.25) is 0 Å². The first-order valence-corrected chi connectivity index (χ1v) is 9.77. The predicted molar refractivity (Wildman–Crippen MR) is 111 cm³/mol. The van der Waals surface area contributed by atoms with Gasteiger partial charge in [0.2, 0.25) is 0 Å². The van der Waals surface area contributed by atoms with Crippen LogP contribution < -0.4 is 4.74 Å². The molecule has 3 aromatic rings. The molecule has 0 bridgehead atoms. The van der Waals surface area contributed by atoms with E-state index in [9.17, 15) is 5.11 Å². The third kappa shape index (κ3) is 4.33. The van der Waals surface area contributed by atoms with Crippen LogP contribution in [0.4, 0.5) is 0 Å². The van der Waals surface area contributed by atoms with Crippen molar-refractivity contribution in [2.45, 2.75) is 53.5 Å². The van der Waals surface area contributed by atoms with Crippen LogP contribution in [0.1, 0.15) is 40.9 Å². The highest BCUT2D eigenvalue weighted by atomic mass is 16.5. The Hall–Kier alpha value is -2.33. The molecule has 0 saturated carbocycles. The maximum absolute atomic E-state index is 9.21. The van der Waals surface area contributed by atoms with Crippen molar-refractivity contribution in [3.05, 3.63) is 58.4 Å². The molecule has 1 aromatic heterocycles. The molecule has 0 atom stereocenters. The Labute approximate surface area is 161 Å². The maximum Gasteiger partial charge on any atom is 0.122 e. The summed E-state index contributed by atoms with van der Waals surface area (Å²) in [6, 6.07) is 10.6. The summed E-state index contributed by atoms with van der Waals surface area (Å²) in [6.45, 7) is 10.2. The number of rotatable bonds is 8. The Morgan fingerprint density at radius 3 is 2.56 bits per heavy atom. The Kier molecular flexibility index (Phi) is 6.17. The second-order valence-electron chi connectivity index (χ2n) is 7.33. The van der Waals surface area contributed by atoms with Gasteiger partial charge in [-0.25, -0.2) is 4.98 Å². The number of hydrogen-bond acceptors (Lipinski definition) is 3. The van der Waals surface area contributed by atoms with Crippen molar-refractivity contribution in [1.82, 2.24) is 9.55 Å². The second kappa shape index (κ2) is 8.57. The highest BCUT2D eigenvalue weighted by molar-refractivity contribution is 5.78. The van der Waals surface area contributed by atoms with Gasteiger partial charge in [0, 0.05) is 19.6 Å². The first-order chi connectivity index (χ1) is 13.0. The highest BCUT2D eigenvalue weighted by Gasteiger charge is 2.12. The molecular formula is C23H30N2O2. The van der Waals surface area contributed by atoms with Crippen molar-refractivity contribution < 1.29 is 9.84 Å². The molecule has 27 heavy (non-hydrogen) atoms. The van der Waals surface area contributed by atoms with Crippen LogP contribution in [0.15, 0.2) is 30.3 Å². The lowest BCUT2D eigenvalue weighted by molar-refractivity contribution is 0.285. The lowest BCUT2D eigenvalue weighted by Crippen LogP contribution is -2.09. The summed E-state index contributed by atoms with van der Waals surface area (Å²) in [7, 11) is 0. The van der Waals surface area contributed by atoms with Crippen LogP contribution in [0, 0.1) is 27.7 Å². The van der Waals surface area contributed by atoms with Gasteiger partial charge in [0.15, 0.2) is 0 Å². The summed E-state index contributed by atoms with van der Waals surface area (Å²) < 4.78 is 8.31. The SMILES string of the molecule is Cc1cc2nc(CCCO)n(CCCOc3cccc(C)c3C)c2cc1C. The summed E-state index contributed by atoms with van der Waals surface area (Å²) in [4.78, 5) is 4.83. The quantitative estimate of drug-likeness (QED) is 0.590. The van der Waals surface area contributed by atoms with Crippen molar-refractivity contribution in [3.8, 4) is 5.75 Å². The number of benzene rings is 2. The van der Waals surface area contributed by atoms with Gasteiger partial charge in [-0.1, -0.05) is 12.1 Å². The van der Waals surface area contributed by atoms with E-state index in [0.29, 0.717) is 6.61 Å². The van der Waals surface area contributed by atoms with Crippen molar-refractivity contribution in [2.75, 3.05) is 13.2 Å². The predicted octanol–water partition coefficient (Wildman–Crippen LogP) is 4.66. The molecular weight excluding hydrogens is 336 g/mol. The minimum atomic E-state index is 0.191. The van der Waals surface area contributed by atoms with Crippen LogP contribution in [0.25, 0.3) is 11.0 Å². The van der Waals surface area contributed by atoms with E-state index in [0.717, 1.165) is 42.9 Å². The second-order valence-corrected chi connectivity index (χ2v) is 7.33. The van der Waals surface area contributed by atoms with Crippen molar-refractivity contribution in [1.29, 1.82) is 0 Å². The first-order valence-electron chi connectivity index (χ1n) is 9.77. The van der Waals surface area contributed by atoms with Gasteiger partial charge in [-0.2, -0.15) is 0 Å². The molecule has 0 unspecified atom stereocenters. The van der Waals surface area contributed by atoms with Crippen LogP contribution in [-0.4, -0.2) is 27.9 Å². The Bertz CT molecular complexity index is 928. The van der Waals surface area contributed by atoms with E-state index in [1.807, 2.05) is 12.1 Å². The van der Waals surface area contributed by atoms with Gasteiger partial charge in [-0.15, -0.1) is 0 Å². The van der Waals surface area contributed by atoms with E-state index in [1.165, 1.54) is 27.8 Å². The number of ether oxygens (including phenoxy) is 1. The normalized spacial score (nSPS) is 11.3. The summed E-state index contributed by atoms with van der Waals surface area (Å²) in [5.41, 5.74) is 7.23. The van der Waals surface area contributed by atoms with Gasteiger partial charge in [0.25, 0.3) is 0 Å². The van der Waals surface area contributed by atoms with Crippen molar-refractivity contribution in [2.24, 2.45) is 0 Å². The number of aliphatic hydroxyl groups excluding tert-OH is 1. The molecule has 0 saturated heterocycles. The number of aliphatic hydroxyl groups is 1. The maximum atomic E-state index is 9.21. The van der Waals surface area contributed by atoms with Crippen LogP contribution in [0.3, 0.4) is 0 Å². The zero-order chi connectivity index (χ0) is 19.4. The molecule has 4 heteroatoms. The minimum absolute atomic E-state index is 0.191. The zero-order valence-corrected chi connectivity index (χ0v) is 16.9. The van der Waals surface area contributed by atoms with E-state index < -0.39 is 0 Å². The number of hydrogen-bond donors (Lipinski definition) is 1. The third-order valence-corrected chi connectivity index (χ3v) is 5.34. The monoisotopic (exact) mass is 366 g/mol. The number of nitrogens with zero attached hydrogens (tertiary/aromatic N) is 2. The number of aromatic nitrogens is 2. The smallest absolute Gasteiger partial charge is 0.122 e. The van der Waals surface area contributed by atoms with Crippen molar-refractivity contribution >= 4 is 11.0 Å². The fourth-order valence-corrected chi connectivity index (χ4v) is 3.39. The highest BCUT2D eigenvalue weighted by Crippen LogP contribution is 2.23. The van der Waals surface area contributed by atoms with Gasteiger partial charge in [-0.05, 0) is 81.0 Å². The molecule has 0 radical (unpaired) electrons. The molecule has 144 valence electrons. The topological polar surface area (TPSA) is 47.3 Å². The average molecular weight is 367 g/mol. The zero-order valence-electron chi connectivity index (χ0n) is 16.9. The van der Waals surface area contributed by atoms with Gasteiger partial charge in [0.05, 0.1) is 17.6 Å². The third-order valence-electron chi connectivity index (χ3n) is 5.34. The number of fused-ring (bicyclic) bond motifs is 1. The fraction of sp³-hybridized carbons (Fsp3) is 0.435. The molecule has 1 N–H and O–H groups in total. The summed E-state index contributed by atoms with van der Waals surface area (Å²) in [5, 5.41) is 9.21. The van der Waals surface area contributed by atoms with E-state index in [2.05, 4.69) is 50.5 Å². The fourth-order valence-electron chi connectivity index (χ4n) is 3.39. The molecule has 0 amide bonds. The number of imidazole rings is 1. The molecule has 0 aliphatic rings. The minimum Gasteiger partial charge on any atom is -0.493 e. The lowest BCUT2D eigenvalue weighted by Gasteiger charge is -2.13. The van der Waals surface area contributed by atoms with E-state index >= 15 is 0 Å². The Morgan fingerprint density at radius 1 is 1.00 bits per heavy atom. The summed E-state index contributed by atoms with van der Waals surface area (Å²) in [5.74, 6) is 2.02. The lowest BCUT2D eigenvalue weighted by atomic mass is 10.1. The van der Waals surface area contributed by atoms with E-state index in [-0.39, 0.29) is 6.61 Å².